The fourth-order valence-electron chi connectivity index (χ4n) is 1.28. The highest BCUT2D eigenvalue weighted by Crippen LogP contribution is 1.96. The van der Waals surface area contributed by atoms with Crippen LogP contribution < -0.4 is 5.32 Å². The molecular weight excluding hydrogens is 212 g/mol. The second kappa shape index (κ2) is 7.92. The largest absolute Gasteiger partial charge is 0.480 e. The molecule has 3 N–H and O–H groups in total. The van der Waals surface area contributed by atoms with E-state index in [2.05, 4.69) is 5.32 Å². The van der Waals surface area contributed by atoms with Crippen molar-refractivity contribution in [2.24, 2.45) is 0 Å². The lowest BCUT2D eigenvalue weighted by molar-refractivity contribution is -0.140. The van der Waals surface area contributed by atoms with Gasteiger partial charge in [-0.1, -0.05) is 13.8 Å². The zero-order valence-electron chi connectivity index (χ0n) is 9.77. The third kappa shape index (κ3) is 4.97. The SMILES string of the molecule is CCCN(CCC)C(=O)N[C@H](CO)C(=O)O. The fourth-order valence-corrected chi connectivity index (χ4v) is 1.28. The summed E-state index contributed by atoms with van der Waals surface area (Å²) < 4.78 is 0. The molecule has 0 spiro atoms. The summed E-state index contributed by atoms with van der Waals surface area (Å²) in [6, 6.07) is -1.67. The number of rotatable bonds is 7. The van der Waals surface area contributed by atoms with Gasteiger partial charge in [0.05, 0.1) is 6.61 Å². The normalized spacial score (nSPS) is 11.9. The summed E-state index contributed by atoms with van der Waals surface area (Å²) >= 11 is 0. The Morgan fingerprint density at radius 2 is 1.75 bits per heavy atom. The smallest absolute Gasteiger partial charge is 0.328 e. The van der Waals surface area contributed by atoms with Gasteiger partial charge in [-0.05, 0) is 12.8 Å². The molecule has 0 unspecified atom stereocenters. The Morgan fingerprint density at radius 3 is 2.06 bits per heavy atom. The molecule has 0 aliphatic carbocycles. The molecule has 0 aromatic rings. The molecule has 16 heavy (non-hydrogen) atoms. The molecule has 0 saturated heterocycles. The van der Waals surface area contributed by atoms with Crippen molar-refractivity contribution in [1.82, 2.24) is 10.2 Å². The Bertz CT molecular complexity index is 227. The Hall–Kier alpha value is -1.30. The van der Waals surface area contributed by atoms with E-state index in [0.717, 1.165) is 12.8 Å². The van der Waals surface area contributed by atoms with Gasteiger partial charge in [0, 0.05) is 13.1 Å². The first kappa shape index (κ1) is 14.7. The standard InChI is InChI=1S/C10H20N2O4/c1-3-5-12(6-4-2)10(16)11-8(7-13)9(14)15/h8,13H,3-7H2,1-2H3,(H,11,16)(H,14,15)/t8-/m1/s1. The summed E-state index contributed by atoms with van der Waals surface area (Å²) in [6.45, 7) is 4.44. The first-order chi connectivity index (χ1) is 7.56. The number of aliphatic carboxylic acids is 1. The predicted molar refractivity (Wildman–Crippen MR) is 59.2 cm³/mol. The van der Waals surface area contributed by atoms with Crippen molar-refractivity contribution in [3.8, 4) is 0 Å². The average molecular weight is 232 g/mol. The van der Waals surface area contributed by atoms with E-state index < -0.39 is 24.6 Å². The highest BCUT2D eigenvalue weighted by atomic mass is 16.4. The van der Waals surface area contributed by atoms with Crippen LogP contribution in [-0.2, 0) is 4.79 Å². The van der Waals surface area contributed by atoms with Crippen molar-refractivity contribution in [1.29, 1.82) is 0 Å². The molecule has 2 amide bonds. The second-order valence-corrected chi connectivity index (χ2v) is 3.51. The van der Waals surface area contributed by atoms with Crippen LogP contribution in [0.5, 0.6) is 0 Å². The molecule has 94 valence electrons. The number of carboxylic acid groups (broad SMARTS) is 1. The van der Waals surface area contributed by atoms with Gasteiger partial charge in [-0.2, -0.15) is 0 Å². The number of carbonyl (C=O) groups excluding carboxylic acids is 1. The van der Waals surface area contributed by atoms with E-state index in [9.17, 15) is 9.59 Å². The van der Waals surface area contributed by atoms with Gasteiger partial charge in [0.1, 0.15) is 0 Å². The van der Waals surface area contributed by atoms with E-state index in [0.29, 0.717) is 13.1 Å². The van der Waals surface area contributed by atoms with Crippen molar-refractivity contribution >= 4 is 12.0 Å². The quantitative estimate of drug-likeness (QED) is 0.587. The zero-order valence-corrected chi connectivity index (χ0v) is 9.77. The minimum absolute atomic E-state index is 0.440. The van der Waals surface area contributed by atoms with E-state index in [1.54, 1.807) is 4.90 Å². The number of aliphatic hydroxyl groups is 1. The zero-order chi connectivity index (χ0) is 12.6. The Morgan fingerprint density at radius 1 is 1.25 bits per heavy atom. The molecule has 0 radical (unpaired) electrons. The topological polar surface area (TPSA) is 89.9 Å². The summed E-state index contributed by atoms with van der Waals surface area (Å²) in [7, 11) is 0. The number of carboxylic acids is 1. The second-order valence-electron chi connectivity index (χ2n) is 3.51. The third-order valence-corrected chi connectivity index (χ3v) is 2.05. The molecule has 0 aliphatic rings. The Kier molecular flexibility index (Phi) is 7.28. The van der Waals surface area contributed by atoms with Crippen LogP contribution in [0.2, 0.25) is 0 Å². The highest BCUT2D eigenvalue weighted by molar-refractivity contribution is 5.82. The van der Waals surface area contributed by atoms with E-state index in [4.69, 9.17) is 10.2 Å². The highest BCUT2D eigenvalue weighted by Gasteiger charge is 2.21. The molecule has 6 heteroatoms. The number of nitrogens with zero attached hydrogens (tertiary/aromatic N) is 1. The van der Waals surface area contributed by atoms with Gasteiger partial charge in [0.15, 0.2) is 6.04 Å². The van der Waals surface area contributed by atoms with Crippen LogP contribution in [0, 0.1) is 0 Å². The minimum atomic E-state index is -1.23. The van der Waals surface area contributed by atoms with E-state index in [1.807, 2.05) is 13.8 Å². The maximum Gasteiger partial charge on any atom is 0.328 e. The number of hydrogen-bond acceptors (Lipinski definition) is 3. The Labute approximate surface area is 95.2 Å². The molecule has 1 atom stereocenters. The average Bonchev–Trinajstić information content (AvgIpc) is 2.24. The Balaban J connectivity index is 4.32. The number of nitrogens with one attached hydrogen (secondary N) is 1. The number of amides is 2. The molecule has 6 nitrogen and oxygen atoms in total. The molecule has 0 fully saturated rings. The van der Waals surface area contributed by atoms with Crippen LogP contribution in [0.1, 0.15) is 26.7 Å². The van der Waals surface area contributed by atoms with Gasteiger partial charge in [-0.25, -0.2) is 9.59 Å². The third-order valence-electron chi connectivity index (χ3n) is 2.05. The van der Waals surface area contributed by atoms with Gasteiger partial charge >= 0.3 is 12.0 Å². The van der Waals surface area contributed by atoms with Gasteiger partial charge in [-0.3, -0.25) is 0 Å². The van der Waals surface area contributed by atoms with Crippen molar-refractivity contribution in [3.63, 3.8) is 0 Å². The maximum atomic E-state index is 11.6. The number of urea groups is 1. The first-order valence-corrected chi connectivity index (χ1v) is 5.45. The molecule has 0 heterocycles. The molecule has 0 aliphatic heterocycles. The van der Waals surface area contributed by atoms with Crippen molar-refractivity contribution in [2.45, 2.75) is 32.7 Å². The van der Waals surface area contributed by atoms with Gasteiger partial charge in [0.25, 0.3) is 0 Å². The lowest BCUT2D eigenvalue weighted by atomic mass is 10.3. The van der Waals surface area contributed by atoms with Crippen LogP contribution in [0.25, 0.3) is 0 Å². The van der Waals surface area contributed by atoms with Crippen molar-refractivity contribution < 1.29 is 19.8 Å². The summed E-state index contributed by atoms with van der Waals surface area (Å²) in [5, 5.41) is 19.7. The fraction of sp³-hybridized carbons (Fsp3) is 0.800. The minimum Gasteiger partial charge on any atom is -0.480 e. The summed E-state index contributed by atoms with van der Waals surface area (Å²) in [6.07, 6.45) is 1.62. The van der Waals surface area contributed by atoms with Crippen molar-refractivity contribution in [3.05, 3.63) is 0 Å². The molecule has 0 saturated carbocycles. The van der Waals surface area contributed by atoms with Gasteiger partial charge in [-0.15, -0.1) is 0 Å². The maximum absolute atomic E-state index is 11.6. The van der Waals surface area contributed by atoms with E-state index in [-0.39, 0.29) is 0 Å². The molecule has 0 aromatic carbocycles. The molecular formula is C10H20N2O4. The van der Waals surface area contributed by atoms with Crippen LogP contribution >= 0.6 is 0 Å². The number of carbonyl (C=O) groups is 2. The summed E-state index contributed by atoms with van der Waals surface area (Å²) in [4.78, 5) is 23.8. The first-order valence-electron chi connectivity index (χ1n) is 5.45. The van der Waals surface area contributed by atoms with Crippen LogP contribution in [0.4, 0.5) is 4.79 Å². The van der Waals surface area contributed by atoms with E-state index in [1.165, 1.54) is 0 Å². The summed E-state index contributed by atoms with van der Waals surface area (Å²) in [5.41, 5.74) is 0. The lowest BCUT2D eigenvalue weighted by Gasteiger charge is -2.23. The van der Waals surface area contributed by atoms with E-state index >= 15 is 0 Å². The number of aliphatic hydroxyl groups excluding tert-OH is 1. The van der Waals surface area contributed by atoms with Crippen LogP contribution in [0.3, 0.4) is 0 Å². The molecule has 0 bridgehead atoms. The van der Waals surface area contributed by atoms with Crippen LogP contribution in [-0.4, -0.2) is 52.9 Å². The monoisotopic (exact) mass is 232 g/mol. The van der Waals surface area contributed by atoms with Gasteiger partial charge < -0.3 is 20.4 Å². The van der Waals surface area contributed by atoms with Crippen molar-refractivity contribution in [2.75, 3.05) is 19.7 Å². The molecule has 0 rings (SSSR count). The predicted octanol–water partition coefficient (Wildman–Crippen LogP) is 0.263. The van der Waals surface area contributed by atoms with Crippen LogP contribution in [0.15, 0.2) is 0 Å². The summed E-state index contributed by atoms with van der Waals surface area (Å²) in [5.74, 6) is -1.23. The number of hydrogen-bond donors (Lipinski definition) is 3. The van der Waals surface area contributed by atoms with Gasteiger partial charge in [0.2, 0.25) is 0 Å². The molecule has 0 aromatic heterocycles. The lowest BCUT2D eigenvalue weighted by Crippen LogP contribution is -2.49.